The van der Waals surface area contributed by atoms with Gasteiger partial charge in [-0.3, -0.25) is 14.3 Å². The number of hydrazone groups is 1. The lowest BCUT2D eigenvalue weighted by molar-refractivity contribution is -0.118. The Labute approximate surface area is 213 Å². The van der Waals surface area contributed by atoms with Gasteiger partial charge in [0.1, 0.15) is 11.5 Å². The van der Waals surface area contributed by atoms with E-state index in [0.29, 0.717) is 24.2 Å². The van der Waals surface area contributed by atoms with E-state index in [4.69, 9.17) is 9.47 Å². The summed E-state index contributed by atoms with van der Waals surface area (Å²) in [6.45, 7) is 5.07. The van der Waals surface area contributed by atoms with E-state index >= 15 is 0 Å². The minimum Gasteiger partial charge on any atom is -0.494 e. The van der Waals surface area contributed by atoms with Crippen LogP contribution in [0.4, 0.5) is 0 Å². The van der Waals surface area contributed by atoms with Crippen LogP contribution in [0.25, 0.3) is 17.1 Å². The van der Waals surface area contributed by atoms with Gasteiger partial charge >= 0.3 is 0 Å². The number of nitrogens with one attached hydrogen (secondary N) is 1. The van der Waals surface area contributed by atoms with Crippen molar-refractivity contribution in [2.24, 2.45) is 5.10 Å². The van der Waals surface area contributed by atoms with Crippen molar-refractivity contribution in [3.63, 3.8) is 0 Å². The predicted octanol–water partition coefficient (Wildman–Crippen LogP) is 4.37. The molecule has 10 heteroatoms. The summed E-state index contributed by atoms with van der Waals surface area (Å²) < 4.78 is 12.9. The predicted molar refractivity (Wildman–Crippen MR) is 140 cm³/mol. The van der Waals surface area contributed by atoms with Crippen molar-refractivity contribution >= 4 is 23.9 Å². The topological polar surface area (TPSA) is 104 Å². The number of carbonyl (C=O) groups excluding carboxylic acids is 1. The largest absolute Gasteiger partial charge is 0.494 e. The number of pyridine rings is 1. The maximum atomic E-state index is 12.4. The summed E-state index contributed by atoms with van der Waals surface area (Å²) in [5.74, 6) is 2.05. The van der Waals surface area contributed by atoms with Gasteiger partial charge in [0.05, 0.1) is 25.2 Å². The van der Waals surface area contributed by atoms with E-state index in [1.54, 1.807) is 18.6 Å². The molecule has 0 unspecified atom stereocenters. The maximum Gasteiger partial charge on any atom is 0.250 e. The van der Waals surface area contributed by atoms with Crippen molar-refractivity contribution in [2.45, 2.75) is 19.0 Å². The van der Waals surface area contributed by atoms with E-state index in [1.807, 2.05) is 79.1 Å². The molecule has 4 aromatic rings. The summed E-state index contributed by atoms with van der Waals surface area (Å²) >= 11 is 1.27. The molecule has 0 saturated heterocycles. The van der Waals surface area contributed by atoms with E-state index in [-0.39, 0.29) is 11.7 Å². The zero-order valence-electron chi connectivity index (χ0n) is 20.0. The molecule has 0 bridgehead atoms. The lowest BCUT2D eigenvalue weighted by Gasteiger charge is -2.11. The van der Waals surface area contributed by atoms with Crippen LogP contribution in [0.1, 0.15) is 19.4 Å². The Bertz CT molecular complexity index is 1290. The molecule has 2 aromatic heterocycles. The van der Waals surface area contributed by atoms with Crippen LogP contribution in [0.2, 0.25) is 0 Å². The zero-order chi connectivity index (χ0) is 25.2. The summed E-state index contributed by atoms with van der Waals surface area (Å²) in [4.78, 5) is 16.6. The molecule has 9 nitrogen and oxygen atoms in total. The average molecular weight is 503 g/mol. The molecule has 1 amide bonds. The minimum atomic E-state index is -0.258. The smallest absolute Gasteiger partial charge is 0.250 e. The molecule has 0 atom stereocenters. The van der Waals surface area contributed by atoms with Crippen molar-refractivity contribution in [2.75, 3.05) is 19.0 Å². The third-order valence-electron chi connectivity index (χ3n) is 4.89. The van der Waals surface area contributed by atoms with Crippen molar-refractivity contribution < 1.29 is 14.3 Å². The first kappa shape index (κ1) is 24.9. The van der Waals surface area contributed by atoms with E-state index in [0.717, 1.165) is 28.3 Å². The van der Waals surface area contributed by atoms with E-state index < -0.39 is 0 Å². The third kappa shape index (κ3) is 6.48. The van der Waals surface area contributed by atoms with Gasteiger partial charge in [0, 0.05) is 23.6 Å². The Morgan fingerprint density at radius 3 is 2.33 bits per heavy atom. The summed E-state index contributed by atoms with van der Waals surface area (Å²) in [5.41, 5.74) is 5.07. The summed E-state index contributed by atoms with van der Waals surface area (Å²) in [6.07, 6.45) is 5.02. The Balaban J connectivity index is 1.45. The lowest BCUT2D eigenvalue weighted by Crippen LogP contribution is -2.20. The van der Waals surface area contributed by atoms with Gasteiger partial charge in [0.25, 0.3) is 5.91 Å². The summed E-state index contributed by atoms with van der Waals surface area (Å²) in [5, 5.41) is 13.3. The first-order valence-corrected chi connectivity index (χ1v) is 12.4. The van der Waals surface area contributed by atoms with Crippen LogP contribution in [-0.2, 0) is 4.79 Å². The fraction of sp³-hybridized carbons (Fsp3) is 0.192. The third-order valence-corrected chi connectivity index (χ3v) is 5.81. The van der Waals surface area contributed by atoms with Gasteiger partial charge in [0.15, 0.2) is 11.0 Å². The van der Waals surface area contributed by atoms with Gasteiger partial charge in [-0.1, -0.05) is 11.8 Å². The van der Waals surface area contributed by atoms with Crippen LogP contribution < -0.4 is 14.9 Å². The molecule has 0 spiro atoms. The van der Waals surface area contributed by atoms with Gasteiger partial charge in [-0.2, -0.15) is 5.10 Å². The van der Waals surface area contributed by atoms with E-state index in [2.05, 4.69) is 25.7 Å². The Morgan fingerprint density at radius 2 is 1.69 bits per heavy atom. The Kier molecular flexibility index (Phi) is 8.66. The molecule has 36 heavy (non-hydrogen) atoms. The van der Waals surface area contributed by atoms with Gasteiger partial charge in [0.2, 0.25) is 0 Å². The number of hydrogen-bond acceptors (Lipinski definition) is 8. The summed E-state index contributed by atoms with van der Waals surface area (Å²) in [6, 6.07) is 18.9. The number of benzene rings is 2. The van der Waals surface area contributed by atoms with Gasteiger partial charge in [-0.05, 0) is 80.1 Å². The normalized spacial score (nSPS) is 10.9. The van der Waals surface area contributed by atoms with Crippen molar-refractivity contribution in [3.05, 3.63) is 78.6 Å². The van der Waals surface area contributed by atoms with E-state index in [1.165, 1.54) is 11.8 Å². The highest BCUT2D eigenvalue weighted by atomic mass is 32.2. The highest BCUT2D eigenvalue weighted by Crippen LogP contribution is 2.28. The lowest BCUT2D eigenvalue weighted by atomic mass is 10.2. The molecule has 0 fully saturated rings. The molecule has 1 N–H and O–H groups in total. The molecule has 0 aliphatic heterocycles. The maximum absolute atomic E-state index is 12.4. The van der Waals surface area contributed by atoms with Crippen LogP contribution in [0.3, 0.4) is 0 Å². The Hall–Kier alpha value is -4.18. The van der Waals surface area contributed by atoms with Crippen LogP contribution in [0.5, 0.6) is 11.5 Å². The minimum absolute atomic E-state index is 0.114. The van der Waals surface area contributed by atoms with Gasteiger partial charge in [-0.15, -0.1) is 10.2 Å². The van der Waals surface area contributed by atoms with Crippen molar-refractivity contribution in [1.82, 2.24) is 25.2 Å². The SMILES string of the molecule is CCOc1ccc(C=NNC(=O)CSc2nnc(-c3cccnc3)n2-c2ccc(OCC)cc2)cc1. The van der Waals surface area contributed by atoms with Gasteiger partial charge < -0.3 is 9.47 Å². The number of ether oxygens (including phenoxy) is 2. The number of rotatable bonds is 11. The van der Waals surface area contributed by atoms with Crippen molar-refractivity contribution in [1.29, 1.82) is 0 Å². The molecule has 0 aliphatic rings. The van der Waals surface area contributed by atoms with Crippen LogP contribution in [-0.4, -0.2) is 50.8 Å². The molecule has 2 aromatic carbocycles. The second kappa shape index (κ2) is 12.5. The zero-order valence-corrected chi connectivity index (χ0v) is 20.8. The highest BCUT2D eigenvalue weighted by molar-refractivity contribution is 7.99. The molecular weight excluding hydrogens is 476 g/mol. The highest BCUT2D eigenvalue weighted by Gasteiger charge is 2.17. The quantitative estimate of drug-likeness (QED) is 0.185. The fourth-order valence-electron chi connectivity index (χ4n) is 3.29. The summed E-state index contributed by atoms with van der Waals surface area (Å²) in [7, 11) is 0. The van der Waals surface area contributed by atoms with Crippen LogP contribution in [0.15, 0.2) is 83.3 Å². The van der Waals surface area contributed by atoms with E-state index in [9.17, 15) is 4.79 Å². The standard InChI is InChI=1S/C26H26N6O3S/c1-3-34-22-11-7-19(8-12-22)16-28-29-24(33)18-36-26-31-30-25(20-6-5-15-27-17-20)32(26)21-9-13-23(14-10-21)35-4-2/h5-17H,3-4,18H2,1-2H3,(H,29,33). The number of aromatic nitrogens is 4. The van der Waals surface area contributed by atoms with Crippen molar-refractivity contribution in [3.8, 4) is 28.6 Å². The second-order valence-electron chi connectivity index (χ2n) is 7.39. The van der Waals surface area contributed by atoms with Crippen LogP contribution in [0, 0.1) is 0 Å². The van der Waals surface area contributed by atoms with Crippen LogP contribution >= 0.6 is 11.8 Å². The number of hydrogen-bond donors (Lipinski definition) is 1. The Morgan fingerprint density at radius 1 is 1.00 bits per heavy atom. The number of thioether (sulfide) groups is 1. The first-order valence-electron chi connectivity index (χ1n) is 11.4. The van der Waals surface area contributed by atoms with Gasteiger partial charge in [-0.25, -0.2) is 5.43 Å². The molecule has 4 rings (SSSR count). The second-order valence-corrected chi connectivity index (χ2v) is 8.34. The average Bonchev–Trinajstić information content (AvgIpc) is 3.34. The molecule has 0 radical (unpaired) electrons. The number of nitrogens with zero attached hydrogens (tertiary/aromatic N) is 5. The molecule has 184 valence electrons. The monoisotopic (exact) mass is 502 g/mol. The fourth-order valence-corrected chi connectivity index (χ4v) is 4.04. The molecular formula is C26H26N6O3S. The molecule has 2 heterocycles. The number of carbonyl (C=O) groups is 1. The molecule has 0 aliphatic carbocycles. The number of amides is 1. The first-order chi connectivity index (χ1) is 17.7. The molecule has 0 saturated carbocycles.